The van der Waals surface area contributed by atoms with Gasteiger partial charge < -0.3 is 5.32 Å². The van der Waals surface area contributed by atoms with E-state index in [9.17, 15) is 13.2 Å². The lowest BCUT2D eigenvalue weighted by molar-refractivity contribution is -0.116. The van der Waals surface area contributed by atoms with Crippen LogP contribution in [0.2, 0.25) is 0 Å². The van der Waals surface area contributed by atoms with Gasteiger partial charge in [-0.15, -0.1) is 10.2 Å². The largest absolute Gasteiger partial charge is 0.301 e. The second-order valence-electron chi connectivity index (χ2n) is 6.64. The molecule has 0 atom stereocenters. The number of hydrogen-bond acceptors (Lipinski definition) is 6. The lowest BCUT2D eigenvalue weighted by Crippen LogP contribution is -2.31. The summed E-state index contributed by atoms with van der Waals surface area (Å²) in [7, 11) is -3.43. The molecule has 0 saturated carbocycles. The summed E-state index contributed by atoms with van der Waals surface area (Å²) < 4.78 is 27.1. The number of nitrogens with zero attached hydrogens (tertiary/aromatic N) is 3. The maximum Gasteiger partial charge on any atom is 0.243 e. The number of benzene rings is 1. The zero-order valence-corrected chi connectivity index (χ0v) is 17.0. The Morgan fingerprint density at radius 1 is 1.11 bits per heavy atom. The Labute approximate surface area is 163 Å². The molecular weight excluding hydrogens is 384 g/mol. The van der Waals surface area contributed by atoms with Gasteiger partial charge >= 0.3 is 0 Å². The lowest BCUT2D eigenvalue weighted by atomic mass is 10.1. The Morgan fingerprint density at radius 2 is 1.78 bits per heavy atom. The normalized spacial score (nSPS) is 16.0. The first-order chi connectivity index (χ1) is 12.9. The summed E-state index contributed by atoms with van der Waals surface area (Å²) in [6.07, 6.45) is 4.85. The van der Waals surface area contributed by atoms with Crippen LogP contribution in [0.25, 0.3) is 0 Å². The molecule has 1 amide bonds. The molecule has 7 nitrogen and oxygen atoms in total. The number of aryl methyl sites for hydroxylation is 2. The van der Waals surface area contributed by atoms with Crippen molar-refractivity contribution in [3.8, 4) is 0 Å². The van der Waals surface area contributed by atoms with E-state index in [1.54, 1.807) is 28.6 Å². The van der Waals surface area contributed by atoms with Gasteiger partial charge in [0.05, 0.1) is 4.90 Å². The number of aromatic nitrogens is 2. The number of sulfonamides is 1. The molecule has 9 heteroatoms. The minimum atomic E-state index is -3.43. The highest BCUT2D eigenvalue weighted by molar-refractivity contribution is 7.89. The smallest absolute Gasteiger partial charge is 0.243 e. The van der Waals surface area contributed by atoms with E-state index in [-0.39, 0.29) is 5.91 Å². The predicted octanol–water partition coefficient (Wildman–Crippen LogP) is 2.98. The molecule has 1 aliphatic rings. The van der Waals surface area contributed by atoms with Crippen LogP contribution in [-0.2, 0) is 21.2 Å². The summed E-state index contributed by atoms with van der Waals surface area (Å²) >= 11 is 1.33. The SMILES string of the molecule is Cc1nnc(NC(=O)CCc2ccc(S(=O)(=O)N3CCCCCC3)cc2)s1. The first-order valence-corrected chi connectivity index (χ1v) is 11.4. The first-order valence-electron chi connectivity index (χ1n) is 9.14. The molecule has 1 saturated heterocycles. The van der Waals surface area contributed by atoms with Crippen LogP contribution in [0.1, 0.15) is 42.7 Å². The zero-order valence-electron chi connectivity index (χ0n) is 15.3. The highest BCUT2D eigenvalue weighted by Crippen LogP contribution is 2.21. The fourth-order valence-corrected chi connectivity index (χ4v) is 5.17. The van der Waals surface area contributed by atoms with Gasteiger partial charge in [0.25, 0.3) is 0 Å². The predicted molar refractivity (Wildman–Crippen MR) is 105 cm³/mol. The Bertz CT molecular complexity index is 870. The van der Waals surface area contributed by atoms with Gasteiger partial charge in [-0.1, -0.05) is 36.3 Å². The topological polar surface area (TPSA) is 92.3 Å². The monoisotopic (exact) mass is 408 g/mol. The average molecular weight is 409 g/mol. The van der Waals surface area contributed by atoms with Gasteiger partial charge in [0.1, 0.15) is 5.01 Å². The summed E-state index contributed by atoms with van der Waals surface area (Å²) in [5.41, 5.74) is 0.924. The minimum Gasteiger partial charge on any atom is -0.301 e. The van der Waals surface area contributed by atoms with E-state index in [2.05, 4.69) is 15.5 Å². The van der Waals surface area contributed by atoms with Crippen LogP contribution in [0.15, 0.2) is 29.2 Å². The molecule has 1 N–H and O–H groups in total. The van der Waals surface area contributed by atoms with Crippen LogP contribution in [0.5, 0.6) is 0 Å². The van der Waals surface area contributed by atoms with Gasteiger partial charge in [-0.3, -0.25) is 4.79 Å². The van der Waals surface area contributed by atoms with Crippen LogP contribution < -0.4 is 5.32 Å². The second-order valence-corrected chi connectivity index (χ2v) is 9.76. The Morgan fingerprint density at radius 3 is 2.37 bits per heavy atom. The van der Waals surface area contributed by atoms with E-state index in [0.717, 1.165) is 36.3 Å². The minimum absolute atomic E-state index is 0.132. The van der Waals surface area contributed by atoms with E-state index < -0.39 is 10.0 Å². The fourth-order valence-electron chi connectivity index (χ4n) is 3.05. The second kappa shape index (κ2) is 8.90. The molecule has 2 heterocycles. The highest BCUT2D eigenvalue weighted by atomic mass is 32.2. The zero-order chi connectivity index (χ0) is 19.3. The molecule has 0 spiro atoms. The van der Waals surface area contributed by atoms with Gasteiger partial charge in [0, 0.05) is 19.5 Å². The number of nitrogens with one attached hydrogen (secondary N) is 1. The third-order valence-electron chi connectivity index (χ3n) is 4.54. The molecule has 146 valence electrons. The highest BCUT2D eigenvalue weighted by Gasteiger charge is 2.24. The number of carbonyl (C=O) groups is 1. The third kappa shape index (κ3) is 5.33. The van der Waals surface area contributed by atoms with E-state index in [1.807, 2.05) is 6.92 Å². The molecule has 27 heavy (non-hydrogen) atoms. The van der Waals surface area contributed by atoms with Crippen LogP contribution in [-0.4, -0.2) is 41.9 Å². The summed E-state index contributed by atoms with van der Waals surface area (Å²) in [6, 6.07) is 6.85. The van der Waals surface area contributed by atoms with Crippen LogP contribution >= 0.6 is 11.3 Å². The number of hydrogen-bond donors (Lipinski definition) is 1. The van der Waals surface area contributed by atoms with Crippen molar-refractivity contribution in [2.45, 2.75) is 50.3 Å². The van der Waals surface area contributed by atoms with Gasteiger partial charge in [0.2, 0.25) is 21.1 Å². The van der Waals surface area contributed by atoms with E-state index >= 15 is 0 Å². The van der Waals surface area contributed by atoms with Crippen LogP contribution in [0, 0.1) is 6.92 Å². The van der Waals surface area contributed by atoms with Crippen molar-refractivity contribution in [2.24, 2.45) is 0 Å². The Kier molecular flexibility index (Phi) is 6.56. The average Bonchev–Trinajstić information content (AvgIpc) is 2.88. The van der Waals surface area contributed by atoms with Crippen molar-refractivity contribution < 1.29 is 13.2 Å². The molecular formula is C18H24N4O3S2. The summed E-state index contributed by atoms with van der Waals surface area (Å²) in [5.74, 6) is -0.132. The molecule has 0 unspecified atom stereocenters. The molecule has 1 fully saturated rings. The number of amides is 1. The molecule has 0 aliphatic carbocycles. The van der Waals surface area contributed by atoms with Crippen molar-refractivity contribution in [3.63, 3.8) is 0 Å². The lowest BCUT2D eigenvalue weighted by Gasteiger charge is -2.20. The van der Waals surface area contributed by atoms with Crippen molar-refractivity contribution in [1.29, 1.82) is 0 Å². The van der Waals surface area contributed by atoms with Crippen molar-refractivity contribution in [2.75, 3.05) is 18.4 Å². The molecule has 1 aromatic heterocycles. The number of carbonyl (C=O) groups excluding carboxylic acids is 1. The Hall–Kier alpha value is -1.84. The van der Waals surface area contributed by atoms with Gasteiger partial charge in [-0.05, 0) is 43.9 Å². The van der Waals surface area contributed by atoms with Crippen LogP contribution in [0.4, 0.5) is 5.13 Å². The number of anilines is 1. The van der Waals surface area contributed by atoms with Gasteiger partial charge in [-0.2, -0.15) is 4.31 Å². The molecule has 0 radical (unpaired) electrons. The first kappa shape index (κ1) is 19.9. The fraction of sp³-hybridized carbons (Fsp3) is 0.500. The summed E-state index contributed by atoms with van der Waals surface area (Å²) in [6.45, 7) is 3.01. The Balaban J connectivity index is 1.57. The van der Waals surface area contributed by atoms with Crippen LogP contribution in [0.3, 0.4) is 0 Å². The molecule has 1 aliphatic heterocycles. The molecule has 0 bridgehead atoms. The van der Waals surface area contributed by atoms with Crippen molar-refractivity contribution in [3.05, 3.63) is 34.8 Å². The van der Waals surface area contributed by atoms with Gasteiger partial charge in [-0.25, -0.2) is 8.42 Å². The number of rotatable bonds is 6. The van der Waals surface area contributed by atoms with Gasteiger partial charge in [0.15, 0.2) is 0 Å². The van der Waals surface area contributed by atoms with Crippen molar-refractivity contribution in [1.82, 2.24) is 14.5 Å². The maximum atomic E-state index is 12.8. The third-order valence-corrected chi connectivity index (χ3v) is 7.21. The summed E-state index contributed by atoms with van der Waals surface area (Å²) in [5, 5.41) is 11.7. The van der Waals surface area contributed by atoms with E-state index in [4.69, 9.17) is 0 Å². The van der Waals surface area contributed by atoms with Crippen molar-refractivity contribution >= 4 is 32.4 Å². The molecule has 3 rings (SSSR count). The van der Waals surface area contributed by atoms with E-state index in [0.29, 0.717) is 36.0 Å². The standard InChI is InChI=1S/C18H24N4O3S2/c1-14-20-21-18(26-14)19-17(23)11-8-15-6-9-16(10-7-15)27(24,25)22-12-4-2-3-5-13-22/h6-7,9-10H,2-5,8,11-13H2,1H3,(H,19,21,23). The van der Waals surface area contributed by atoms with E-state index in [1.165, 1.54) is 11.3 Å². The molecule has 2 aromatic rings. The quantitative estimate of drug-likeness (QED) is 0.793. The maximum absolute atomic E-state index is 12.8. The molecule has 1 aromatic carbocycles. The summed E-state index contributed by atoms with van der Waals surface area (Å²) in [4.78, 5) is 12.3.